The summed E-state index contributed by atoms with van der Waals surface area (Å²) in [5.74, 6) is -0.831. The maximum Gasteiger partial charge on any atom is 0.416 e. The van der Waals surface area contributed by atoms with Crippen LogP contribution in [0.15, 0.2) is 18.2 Å². The fraction of sp³-hybridized carbons (Fsp3) is 0.462. The Morgan fingerprint density at radius 2 is 1.74 bits per heavy atom. The van der Waals surface area contributed by atoms with E-state index in [1.54, 1.807) is 0 Å². The number of carbonyl (C=O) groups excluding carboxylic acids is 1. The third kappa shape index (κ3) is 5.91. The standard InChI is InChI=1S/C13H13F6NO2.ClH/c1-2-22-11(21)6-10(20)8-4-3-7(12(14,15)16)5-9(8)13(17,18)19;/h3-5,10H,2,6,20H2,1H3;1H/t10-;/m0./s1. The number of hydrogen-bond donors (Lipinski definition) is 1. The predicted molar refractivity (Wildman–Crippen MR) is 71.9 cm³/mol. The topological polar surface area (TPSA) is 52.3 Å². The smallest absolute Gasteiger partial charge is 0.416 e. The van der Waals surface area contributed by atoms with Gasteiger partial charge in [-0.2, -0.15) is 26.3 Å². The Kier molecular flexibility index (Phi) is 7.36. The van der Waals surface area contributed by atoms with E-state index >= 15 is 0 Å². The van der Waals surface area contributed by atoms with Gasteiger partial charge in [0.15, 0.2) is 0 Å². The van der Waals surface area contributed by atoms with E-state index in [2.05, 4.69) is 4.74 Å². The molecular weight excluding hydrogens is 352 g/mol. The lowest BCUT2D eigenvalue weighted by atomic mass is 9.96. The molecule has 10 heteroatoms. The van der Waals surface area contributed by atoms with Crippen LogP contribution in [0.2, 0.25) is 0 Å². The molecule has 0 heterocycles. The van der Waals surface area contributed by atoms with Crippen LogP contribution in [0.1, 0.15) is 36.1 Å². The van der Waals surface area contributed by atoms with E-state index in [-0.39, 0.29) is 25.1 Å². The SMILES string of the molecule is CCOC(=O)C[C@H](N)c1ccc(C(F)(F)F)cc1C(F)(F)F.Cl. The van der Waals surface area contributed by atoms with Gasteiger partial charge in [0.25, 0.3) is 0 Å². The van der Waals surface area contributed by atoms with Crippen molar-refractivity contribution in [2.45, 2.75) is 31.7 Å². The minimum atomic E-state index is -5.02. The van der Waals surface area contributed by atoms with Crippen molar-refractivity contribution in [2.24, 2.45) is 5.73 Å². The fourth-order valence-electron chi connectivity index (χ4n) is 1.81. The highest BCUT2D eigenvalue weighted by Crippen LogP contribution is 2.39. The van der Waals surface area contributed by atoms with Crippen molar-refractivity contribution in [1.82, 2.24) is 0 Å². The van der Waals surface area contributed by atoms with Gasteiger partial charge in [-0.05, 0) is 24.6 Å². The number of nitrogens with two attached hydrogens (primary N) is 1. The van der Waals surface area contributed by atoms with Crippen molar-refractivity contribution in [1.29, 1.82) is 0 Å². The first-order valence-corrected chi connectivity index (χ1v) is 6.16. The van der Waals surface area contributed by atoms with Gasteiger partial charge >= 0.3 is 18.3 Å². The van der Waals surface area contributed by atoms with Crippen LogP contribution in [-0.2, 0) is 21.9 Å². The van der Waals surface area contributed by atoms with Gasteiger partial charge in [0, 0.05) is 6.04 Å². The van der Waals surface area contributed by atoms with Crippen LogP contribution in [0.4, 0.5) is 26.3 Å². The summed E-state index contributed by atoms with van der Waals surface area (Å²) in [6.07, 6.45) is -10.5. The summed E-state index contributed by atoms with van der Waals surface area (Å²) in [7, 11) is 0. The zero-order chi connectivity index (χ0) is 17.1. The van der Waals surface area contributed by atoms with E-state index in [0.29, 0.717) is 12.1 Å². The molecule has 0 aromatic heterocycles. The largest absolute Gasteiger partial charge is 0.466 e. The second-order valence-electron chi connectivity index (χ2n) is 4.41. The number of benzene rings is 1. The summed E-state index contributed by atoms with van der Waals surface area (Å²) in [4.78, 5) is 11.3. The second kappa shape index (κ2) is 7.87. The van der Waals surface area contributed by atoms with Gasteiger partial charge in [0.1, 0.15) is 0 Å². The summed E-state index contributed by atoms with van der Waals surface area (Å²) in [6.45, 7) is 1.52. The predicted octanol–water partition coefficient (Wildman–Crippen LogP) is 4.10. The molecule has 0 saturated carbocycles. The molecule has 3 nitrogen and oxygen atoms in total. The molecule has 0 aliphatic carbocycles. The molecule has 132 valence electrons. The van der Waals surface area contributed by atoms with Crippen LogP contribution in [0, 0.1) is 0 Å². The molecule has 0 saturated heterocycles. The maximum atomic E-state index is 12.9. The molecule has 0 amide bonds. The highest BCUT2D eigenvalue weighted by atomic mass is 35.5. The summed E-state index contributed by atoms with van der Waals surface area (Å²) in [6, 6.07) is -0.302. The van der Waals surface area contributed by atoms with Gasteiger partial charge in [0.2, 0.25) is 0 Å². The zero-order valence-electron chi connectivity index (χ0n) is 11.8. The van der Waals surface area contributed by atoms with Crippen LogP contribution >= 0.6 is 12.4 Å². The van der Waals surface area contributed by atoms with Crippen LogP contribution in [-0.4, -0.2) is 12.6 Å². The first-order chi connectivity index (χ1) is 9.96. The third-order valence-electron chi connectivity index (χ3n) is 2.78. The average molecular weight is 366 g/mol. The Labute approximate surface area is 134 Å². The molecule has 0 bridgehead atoms. The van der Waals surface area contributed by atoms with Gasteiger partial charge in [-0.25, -0.2) is 0 Å². The molecule has 0 aliphatic rings. The Hall–Kier alpha value is -1.48. The van der Waals surface area contributed by atoms with Gasteiger partial charge < -0.3 is 10.5 Å². The Morgan fingerprint density at radius 1 is 1.17 bits per heavy atom. The normalized spacial score (nSPS) is 13.2. The molecule has 23 heavy (non-hydrogen) atoms. The minimum absolute atomic E-state index is 0. The summed E-state index contributed by atoms with van der Waals surface area (Å²) < 4.78 is 80.9. The highest BCUT2D eigenvalue weighted by molar-refractivity contribution is 5.85. The van der Waals surface area contributed by atoms with Crippen molar-refractivity contribution in [3.63, 3.8) is 0 Å². The van der Waals surface area contributed by atoms with Crippen molar-refractivity contribution in [3.05, 3.63) is 34.9 Å². The lowest BCUT2D eigenvalue weighted by Crippen LogP contribution is -2.22. The van der Waals surface area contributed by atoms with Gasteiger partial charge in [-0.15, -0.1) is 12.4 Å². The molecule has 0 aliphatic heterocycles. The Bertz CT molecular complexity index is 544. The van der Waals surface area contributed by atoms with Crippen LogP contribution < -0.4 is 5.73 Å². The second-order valence-corrected chi connectivity index (χ2v) is 4.41. The molecule has 0 unspecified atom stereocenters. The van der Waals surface area contributed by atoms with Crippen molar-refractivity contribution in [3.8, 4) is 0 Å². The van der Waals surface area contributed by atoms with Gasteiger partial charge in [-0.3, -0.25) is 4.79 Å². The number of hydrogen-bond acceptors (Lipinski definition) is 3. The molecule has 1 atom stereocenters. The Balaban J connectivity index is 0.00000484. The number of carbonyl (C=O) groups is 1. The minimum Gasteiger partial charge on any atom is -0.466 e. The molecular formula is C13H14ClF6NO2. The number of ether oxygens (including phenoxy) is 1. The van der Waals surface area contributed by atoms with Gasteiger partial charge in [0.05, 0.1) is 24.2 Å². The molecule has 2 N–H and O–H groups in total. The maximum absolute atomic E-state index is 12.9. The van der Waals surface area contributed by atoms with E-state index in [9.17, 15) is 31.1 Å². The molecule has 1 aromatic rings. The molecule has 1 rings (SSSR count). The van der Waals surface area contributed by atoms with Crippen LogP contribution in [0.25, 0.3) is 0 Å². The number of rotatable bonds is 4. The molecule has 0 fully saturated rings. The summed E-state index contributed by atoms with van der Waals surface area (Å²) >= 11 is 0. The first kappa shape index (κ1) is 21.5. The van der Waals surface area contributed by atoms with E-state index in [1.807, 2.05) is 0 Å². The quantitative estimate of drug-likeness (QED) is 0.645. The summed E-state index contributed by atoms with van der Waals surface area (Å²) in [5.41, 5.74) is 1.96. The van der Waals surface area contributed by atoms with E-state index in [4.69, 9.17) is 5.73 Å². The third-order valence-corrected chi connectivity index (χ3v) is 2.78. The molecule has 0 radical (unpaired) electrons. The molecule has 1 aromatic carbocycles. The lowest BCUT2D eigenvalue weighted by molar-refractivity contribution is -0.146. The first-order valence-electron chi connectivity index (χ1n) is 6.16. The van der Waals surface area contributed by atoms with Crippen LogP contribution in [0.5, 0.6) is 0 Å². The fourth-order valence-corrected chi connectivity index (χ4v) is 1.81. The lowest BCUT2D eigenvalue weighted by Gasteiger charge is -2.19. The van der Waals surface area contributed by atoms with Crippen molar-refractivity contribution in [2.75, 3.05) is 6.61 Å². The molecule has 0 spiro atoms. The summed E-state index contributed by atoms with van der Waals surface area (Å²) in [5, 5.41) is 0. The van der Waals surface area contributed by atoms with Gasteiger partial charge in [-0.1, -0.05) is 6.07 Å². The van der Waals surface area contributed by atoms with E-state index in [0.717, 1.165) is 0 Å². The Morgan fingerprint density at radius 3 is 2.17 bits per heavy atom. The number of alkyl halides is 6. The zero-order valence-corrected chi connectivity index (χ0v) is 12.6. The monoisotopic (exact) mass is 365 g/mol. The van der Waals surface area contributed by atoms with Crippen molar-refractivity contribution >= 4 is 18.4 Å². The number of halogens is 7. The highest BCUT2D eigenvalue weighted by Gasteiger charge is 2.39. The van der Waals surface area contributed by atoms with E-state index < -0.39 is 47.5 Å². The van der Waals surface area contributed by atoms with E-state index in [1.165, 1.54) is 6.92 Å². The van der Waals surface area contributed by atoms with Crippen LogP contribution in [0.3, 0.4) is 0 Å². The average Bonchev–Trinajstić information content (AvgIpc) is 2.36. The number of esters is 1. The van der Waals surface area contributed by atoms with Crippen molar-refractivity contribution < 1.29 is 35.9 Å².